The first-order valence-electron chi connectivity index (χ1n) is 7.49. The lowest BCUT2D eigenvalue weighted by atomic mass is 10.1. The highest BCUT2D eigenvalue weighted by atomic mass is 16.6. The third kappa shape index (κ3) is 4.19. The number of nitrogens with one attached hydrogen (secondary N) is 1. The number of carbonyl (C=O) groups is 2. The van der Waals surface area contributed by atoms with Gasteiger partial charge in [0.05, 0.1) is 30.2 Å². The Morgan fingerprint density at radius 1 is 1.40 bits per heavy atom. The number of nitro groups is 1. The van der Waals surface area contributed by atoms with Crippen LogP contribution in [0.25, 0.3) is 0 Å². The van der Waals surface area contributed by atoms with E-state index in [-0.39, 0.29) is 29.5 Å². The van der Waals surface area contributed by atoms with Gasteiger partial charge in [-0.15, -0.1) is 0 Å². The molecule has 0 bridgehead atoms. The molecular weight excluding hydrogens is 332 g/mol. The van der Waals surface area contributed by atoms with Crippen molar-refractivity contribution < 1.29 is 19.2 Å². The monoisotopic (exact) mass is 350 g/mol. The summed E-state index contributed by atoms with van der Waals surface area (Å²) in [6, 6.07) is 0. The summed E-state index contributed by atoms with van der Waals surface area (Å²) in [6.07, 6.45) is 3.90. The number of anilines is 1. The van der Waals surface area contributed by atoms with E-state index in [2.05, 4.69) is 20.3 Å². The van der Waals surface area contributed by atoms with Crippen LogP contribution < -0.4 is 5.32 Å². The van der Waals surface area contributed by atoms with Gasteiger partial charge < -0.3 is 10.1 Å². The number of rotatable bonds is 7. The summed E-state index contributed by atoms with van der Waals surface area (Å²) in [4.78, 5) is 34.2. The van der Waals surface area contributed by atoms with E-state index in [4.69, 9.17) is 0 Å². The first-order valence-corrected chi connectivity index (χ1v) is 7.49. The molecule has 0 aliphatic heterocycles. The number of methoxy groups -OCH3 is 1. The maximum Gasteiger partial charge on any atom is 0.360 e. The Morgan fingerprint density at radius 2 is 2.12 bits per heavy atom. The summed E-state index contributed by atoms with van der Waals surface area (Å²) in [7, 11) is 1.23. The predicted molar refractivity (Wildman–Crippen MR) is 85.9 cm³/mol. The molecule has 25 heavy (non-hydrogen) atoms. The molecule has 2 rings (SSSR count). The fourth-order valence-corrected chi connectivity index (χ4v) is 2.09. The topological polar surface area (TPSA) is 134 Å². The summed E-state index contributed by atoms with van der Waals surface area (Å²) in [6.45, 7) is 4.15. The van der Waals surface area contributed by atoms with E-state index in [1.54, 1.807) is 6.92 Å². The fourth-order valence-electron chi connectivity index (χ4n) is 2.09. The Labute approximate surface area is 142 Å². The van der Waals surface area contributed by atoms with E-state index < -0.39 is 16.8 Å². The molecule has 0 saturated heterocycles. The van der Waals surface area contributed by atoms with Crippen molar-refractivity contribution in [2.45, 2.75) is 26.9 Å². The molecule has 0 aliphatic rings. The molecule has 2 heterocycles. The van der Waals surface area contributed by atoms with Crippen molar-refractivity contribution in [1.29, 1.82) is 0 Å². The lowest BCUT2D eigenvalue weighted by molar-refractivity contribution is -0.385. The van der Waals surface area contributed by atoms with Gasteiger partial charge in [0.2, 0.25) is 5.91 Å². The molecule has 1 unspecified atom stereocenters. The van der Waals surface area contributed by atoms with E-state index >= 15 is 0 Å². The van der Waals surface area contributed by atoms with Crippen molar-refractivity contribution >= 4 is 23.3 Å². The molecule has 0 aliphatic carbocycles. The lowest BCUT2D eigenvalue weighted by Crippen LogP contribution is -2.25. The summed E-state index contributed by atoms with van der Waals surface area (Å²) >= 11 is 0. The van der Waals surface area contributed by atoms with Crippen LogP contribution >= 0.6 is 0 Å². The van der Waals surface area contributed by atoms with Gasteiger partial charge in [-0.3, -0.25) is 24.3 Å². The third-order valence-corrected chi connectivity index (χ3v) is 3.46. The van der Waals surface area contributed by atoms with Gasteiger partial charge in [-0.05, 0) is 6.92 Å². The molecule has 0 spiro atoms. The fraction of sp³-hybridized carbons (Fsp3) is 0.429. The second kappa shape index (κ2) is 7.55. The summed E-state index contributed by atoms with van der Waals surface area (Å²) < 4.78 is 7.48. The quantitative estimate of drug-likeness (QED) is 0.448. The Balaban J connectivity index is 2.08. The van der Waals surface area contributed by atoms with Crippen LogP contribution in [0, 0.1) is 16.0 Å². The minimum absolute atomic E-state index is 0.0135. The zero-order valence-electron chi connectivity index (χ0n) is 14.0. The number of aryl methyl sites for hydroxylation is 1. The van der Waals surface area contributed by atoms with Crippen LogP contribution in [0.2, 0.25) is 0 Å². The van der Waals surface area contributed by atoms with Gasteiger partial charge in [0.15, 0.2) is 5.69 Å². The van der Waals surface area contributed by atoms with Crippen molar-refractivity contribution in [3.05, 3.63) is 34.4 Å². The Bertz CT molecular complexity index is 795. The third-order valence-electron chi connectivity index (χ3n) is 3.46. The molecule has 2 aromatic heterocycles. The predicted octanol–water partition coefficient (Wildman–Crippen LogP) is 1.07. The van der Waals surface area contributed by atoms with Gasteiger partial charge in [-0.25, -0.2) is 4.79 Å². The van der Waals surface area contributed by atoms with Crippen LogP contribution in [0.1, 0.15) is 24.3 Å². The molecule has 0 aromatic carbocycles. The van der Waals surface area contributed by atoms with Crippen LogP contribution in [0.4, 0.5) is 11.4 Å². The average Bonchev–Trinajstić information content (AvgIpc) is 3.21. The largest absolute Gasteiger partial charge is 0.464 e. The van der Waals surface area contributed by atoms with Crippen molar-refractivity contribution in [3.8, 4) is 0 Å². The first-order chi connectivity index (χ1) is 11.8. The van der Waals surface area contributed by atoms with E-state index in [0.29, 0.717) is 6.54 Å². The molecule has 1 atom stereocenters. The SMILES string of the molecule is CCn1cc(NC(=O)C(C)Cn2cc([N+](=O)[O-])cn2)c(C(=O)OC)n1. The summed E-state index contributed by atoms with van der Waals surface area (Å²) in [5, 5.41) is 21.2. The summed E-state index contributed by atoms with van der Waals surface area (Å²) in [5.41, 5.74) is 0.112. The highest BCUT2D eigenvalue weighted by molar-refractivity contribution is 6.00. The number of amides is 1. The zero-order valence-corrected chi connectivity index (χ0v) is 14.0. The Kier molecular flexibility index (Phi) is 5.47. The minimum atomic E-state index is -0.655. The van der Waals surface area contributed by atoms with Crippen LogP contribution in [-0.2, 0) is 22.6 Å². The van der Waals surface area contributed by atoms with Gasteiger partial charge >= 0.3 is 11.7 Å². The van der Waals surface area contributed by atoms with Gasteiger partial charge in [0.1, 0.15) is 12.4 Å². The van der Waals surface area contributed by atoms with Crippen LogP contribution in [-0.4, -0.2) is 43.5 Å². The van der Waals surface area contributed by atoms with Crippen molar-refractivity contribution in [1.82, 2.24) is 19.6 Å². The van der Waals surface area contributed by atoms with Crippen molar-refractivity contribution in [2.24, 2.45) is 5.92 Å². The van der Waals surface area contributed by atoms with E-state index in [9.17, 15) is 19.7 Å². The molecule has 11 heteroatoms. The Morgan fingerprint density at radius 3 is 2.68 bits per heavy atom. The highest BCUT2D eigenvalue weighted by Gasteiger charge is 2.22. The van der Waals surface area contributed by atoms with Crippen molar-refractivity contribution in [3.63, 3.8) is 0 Å². The van der Waals surface area contributed by atoms with Gasteiger partial charge in [-0.1, -0.05) is 6.92 Å². The van der Waals surface area contributed by atoms with Crippen molar-refractivity contribution in [2.75, 3.05) is 12.4 Å². The zero-order chi connectivity index (χ0) is 18.6. The molecule has 134 valence electrons. The molecular formula is C14H18N6O5. The standard InChI is InChI=1S/C14H18N6O5/c1-4-18-8-11(12(17-18)14(22)25-3)16-13(21)9(2)6-19-7-10(5-15-19)20(23)24/h5,7-9H,4,6H2,1-3H3,(H,16,21). The van der Waals surface area contributed by atoms with E-state index in [1.807, 2.05) is 6.92 Å². The molecule has 0 radical (unpaired) electrons. The second-order valence-corrected chi connectivity index (χ2v) is 5.31. The van der Waals surface area contributed by atoms with Gasteiger partial charge in [0.25, 0.3) is 0 Å². The van der Waals surface area contributed by atoms with E-state index in [1.165, 1.54) is 28.9 Å². The number of hydrogen-bond donors (Lipinski definition) is 1. The number of hydrogen-bond acceptors (Lipinski definition) is 7. The number of nitrogens with zero attached hydrogens (tertiary/aromatic N) is 5. The molecule has 0 saturated carbocycles. The molecule has 1 N–H and O–H groups in total. The second-order valence-electron chi connectivity index (χ2n) is 5.31. The number of ether oxygens (including phenoxy) is 1. The molecule has 1 amide bonds. The molecule has 0 fully saturated rings. The van der Waals surface area contributed by atoms with Gasteiger partial charge in [-0.2, -0.15) is 10.2 Å². The first kappa shape index (κ1) is 18.1. The Hall–Kier alpha value is -3.24. The van der Waals surface area contributed by atoms with Crippen LogP contribution in [0.15, 0.2) is 18.6 Å². The van der Waals surface area contributed by atoms with Crippen LogP contribution in [0.5, 0.6) is 0 Å². The van der Waals surface area contributed by atoms with E-state index in [0.717, 1.165) is 6.20 Å². The summed E-state index contributed by atoms with van der Waals surface area (Å²) in [5.74, 6) is -1.58. The molecule has 11 nitrogen and oxygen atoms in total. The van der Waals surface area contributed by atoms with Gasteiger partial charge in [0, 0.05) is 12.7 Å². The minimum Gasteiger partial charge on any atom is -0.464 e. The number of carbonyl (C=O) groups excluding carboxylic acids is 2. The molecule has 2 aromatic rings. The normalized spacial score (nSPS) is 11.8. The number of aromatic nitrogens is 4. The highest BCUT2D eigenvalue weighted by Crippen LogP contribution is 2.17. The maximum absolute atomic E-state index is 12.3. The average molecular weight is 350 g/mol. The number of esters is 1. The maximum atomic E-state index is 12.3. The lowest BCUT2D eigenvalue weighted by Gasteiger charge is -2.11. The smallest absolute Gasteiger partial charge is 0.360 e. The van der Waals surface area contributed by atoms with Crippen LogP contribution in [0.3, 0.4) is 0 Å².